The molecule has 1 aliphatic rings. The Morgan fingerprint density at radius 3 is 2.05 bits per heavy atom. The van der Waals surface area contributed by atoms with E-state index in [1.165, 1.54) is 17.3 Å². The molecule has 2 atom stereocenters. The lowest BCUT2D eigenvalue weighted by atomic mass is 9.86. The first kappa shape index (κ1) is 16.2. The molecule has 0 saturated carbocycles. The Morgan fingerprint density at radius 2 is 1.62 bits per heavy atom. The van der Waals surface area contributed by atoms with Crippen LogP contribution < -0.4 is 0 Å². The van der Waals surface area contributed by atoms with Gasteiger partial charge < -0.3 is 14.9 Å². The molecule has 21 heavy (non-hydrogen) atoms. The van der Waals surface area contributed by atoms with E-state index in [4.69, 9.17) is 14.9 Å². The maximum atomic E-state index is 7.63. The normalized spacial score (nSPS) is 29.6. The smallest absolute Gasteiger partial charge is 0.205 e. The van der Waals surface area contributed by atoms with Gasteiger partial charge in [0.25, 0.3) is 0 Å². The first-order valence-electron chi connectivity index (χ1n) is 7.72. The van der Waals surface area contributed by atoms with Crippen molar-refractivity contribution in [1.29, 1.82) is 5.41 Å². The molecule has 3 heteroatoms. The van der Waals surface area contributed by atoms with Crippen molar-refractivity contribution in [3.8, 4) is 0 Å². The lowest BCUT2D eigenvalue weighted by molar-refractivity contribution is -0.117. The summed E-state index contributed by atoms with van der Waals surface area (Å²) >= 11 is 0. The molecule has 3 nitrogen and oxygen atoms in total. The lowest BCUT2D eigenvalue weighted by Crippen LogP contribution is -2.33. The number of benzene rings is 1. The van der Waals surface area contributed by atoms with Crippen LogP contribution in [0.5, 0.6) is 0 Å². The molecular formula is C18H27NO2. The van der Waals surface area contributed by atoms with Crippen LogP contribution in [0.2, 0.25) is 0 Å². The van der Waals surface area contributed by atoms with E-state index in [0.717, 1.165) is 6.42 Å². The van der Waals surface area contributed by atoms with Crippen LogP contribution in [-0.4, -0.2) is 24.2 Å². The highest BCUT2D eigenvalue weighted by Gasteiger charge is 2.42. The summed E-state index contributed by atoms with van der Waals surface area (Å²) in [6, 6.07) is 8.71. The number of hydrogen-bond acceptors (Lipinski definition) is 3. The van der Waals surface area contributed by atoms with Gasteiger partial charge in [-0.1, -0.05) is 45.0 Å². The summed E-state index contributed by atoms with van der Waals surface area (Å²) in [6.07, 6.45) is 2.90. The zero-order chi connectivity index (χ0) is 15.7. The maximum Gasteiger partial charge on any atom is 0.205 e. The van der Waals surface area contributed by atoms with Gasteiger partial charge in [-0.3, -0.25) is 0 Å². The van der Waals surface area contributed by atoms with E-state index in [1.54, 1.807) is 0 Å². The highest BCUT2D eigenvalue weighted by atomic mass is 16.8. The molecule has 116 valence electrons. The molecule has 1 fully saturated rings. The van der Waals surface area contributed by atoms with E-state index in [-0.39, 0.29) is 17.6 Å². The first-order valence-corrected chi connectivity index (χ1v) is 7.72. The van der Waals surface area contributed by atoms with Crippen LogP contribution in [0.15, 0.2) is 24.3 Å². The molecule has 0 aromatic heterocycles. The average Bonchev–Trinajstić information content (AvgIpc) is 2.72. The van der Waals surface area contributed by atoms with Crippen LogP contribution >= 0.6 is 0 Å². The van der Waals surface area contributed by atoms with Gasteiger partial charge in [-0.25, -0.2) is 0 Å². The summed E-state index contributed by atoms with van der Waals surface area (Å²) in [6.45, 7) is 10.6. The van der Waals surface area contributed by atoms with Gasteiger partial charge in [0, 0.05) is 6.42 Å². The van der Waals surface area contributed by atoms with Crippen molar-refractivity contribution < 1.29 is 9.47 Å². The summed E-state index contributed by atoms with van der Waals surface area (Å²) in [5.74, 6) is -0.846. The Morgan fingerprint density at radius 1 is 1.10 bits per heavy atom. The van der Waals surface area contributed by atoms with Gasteiger partial charge in [-0.2, -0.15) is 0 Å². The molecular weight excluding hydrogens is 262 g/mol. The number of ether oxygens (including phenoxy) is 2. The zero-order valence-corrected chi connectivity index (χ0v) is 13.8. The molecule has 2 unspecified atom stereocenters. The van der Waals surface area contributed by atoms with Crippen LogP contribution in [0, 0.1) is 5.41 Å². The van der Waals surface area contributed by atoms with Crippen molar-refractivity contribution in [1.82, 2.24) is 0 Å². The predicted octanol–water partition coefficient (Wildman–Crippen LogP) is 4.09. The van der Waals surface area contributed by atoms with Crippen LogP contribution in [0.25, 0.3) is 0 Å². The van der Waals surface area contributed by atoms with Gasteiger partial charge in [0.2, 0.25) is 5.79 Å². The van der Waals surface area contributed by atoms with E-state index in [2.05, 4.69) is 45.0 Å². The minimum atomic E-state index is -0.846. The quantitative estimate of drug-likeness (QED) is 0.848. The van der Waals surface area contributed by atoms with Crippen LogP contribution in [0.3, 0.4) is 0 Å². The predicted molar refractivity (Wildman–Crippen MR) is 86.1 cm³/mol. The largest absolute Gasteiger partial charge is 0.339 e. The fraction of sp³-hybridized carbons (Fsp3) is 0.611. The maximum absolute atomic E-state index is 7.63. The highest BCUT2D eigenvalue weighted by molar-refractivity contribution is 5.63. The molecule has 2 rings (SSSR count). The van der Waals surface area contributed by atoms with Gasteiger partial charge in [0.1, 0.15) is 0 Å². The monoisotopic (exact) mass is 289 g/mol. The molecule has 0 bridgehead atoms. The Kier molecular flexibility index (Phi) is 4.54. The van der Waals surface area contributed by atoms with E-state index >= 15 is 0 Å². The average molecular weight is 289 g/mol. The van der Waals surface area contributed by atoms with E-state index in [9.17, 15) is 0 Å². The Hall–Kier alpha value is -1.19. The number of nitrogens with one attached hydrogen (secondary N) is 1. The SMILES string of the molecule is CC1OC(C=N)(CCc2ccc(C(C)(C)C)cc2)OC1C. The van der Waals surface area contributed by atoms with Crippen LogP contribution in [0.1, 0.15) is 52.2 Å². The molecule has 1 aromatic rings. The molecule has 0 amide bonds. The van der Waals surface area contributed by atoms with Gasteiger partial charge >= 0.3 is 0 Å². The highest BCUT2D eigenvalue weighted by Crippen LogP contribution is 2.31. The molecule has 1 N–H and O–H groups in total. The van der Waals surface area contributed by atoms with E-state index in [1.807, 2.05) is 13.8 Å². The fourth-order valence-corrected chi connectivity index (χ4v) is 2.60. The second-order valence-electron chi connectivity index (χ2n) is 7.05. The summed E-state index contributed by atoms with van der Waals surface area (Å²) < 4.78 is 11.7. The van der Waals surface area contributed by atoms with E-state index in [0.29, 0.717) is 6.42 Å². The molecule has 1 heterocycles. The van der Waals surface area contributed by atoms with E-state index < -0.39 is 5.79 Å². The minimum absolute atomic E-state index is 0.0369. The minimum Gasteiger partial charge on any atom is -0.339 e. The molecule has 0 spiro atoms. The van der Waals surface area contributed by atoms with Crippen molar-refractivity contribution in [2.75, 3.05) is 0 Å². The summed E-state index contributed by atoms with van der Waals surface area (Å²) in [5.41, 5.74) is 2.77. The van der Waals surface area contributed by atoms with Crippen molar-refractivity contribution >= 4 is 6.21 Å². The van der Waals surface area contributed by atoms with Crippen molar-refractivity contribution in [2.24, 2.45) is 0 Å². The Balaban J connectivity index is 2.01. The summed E-state index contributed by atoms with van der Waals surface area (Å²) in [5, 5.41) is 7.63. The topological polar surface area (TPSA) is 42.3 Å². The second kappa shape index (κ2) is 5.90. The molecule has 1 saturated heterocycles. The number of hydrogen-bond donors (Lipinski definition) is 1. The van der Waals surface area contributed by atoms with Crippen LogP contribution in [-0.2, 0) is 21.3 Å². The second-order valence-corrected chi connectivity index (χ2v) is 7.05. The standard InChI is InChI=1S/C18H27NO2/c1-13-14(2)21-18(12-19,20-13)11-10-15-6-8-16(9-7-15)17(3,4)5/h6-9,12-14,19H,10-11H2,1-5H3. The molecule has 1 aromatic carbocycles. The molecule has 1 aliphatic heterocycles. The Labute approximate surface area is 128 Å². The van der Waals surface area contributed by atoms with Gasteiger partial charge in [-0.05, 0) is 36.8 Å². The molecule has 0 radical (unpaired) electrons. The lowest BCUT2D eigenvalue weighted by Gasteiger charge is -2.23. The third kappa shape index (κ3) is 3.72. The third-order valence-electron chi connectivity index (χ3n) is 4.23. The van der Waals surface area contributed by atoms with Crippen molar-refractivity contribution in [2.45, 2.75) is 70.9 Å². The van der Waals surface area contributed by atoms with Gasteiger partial charge in [-0.15, -0.1) is 0 Å². The number of rotatable bonds is 4. The Bertz CT molecular complexity index is 477. The zero-order valence-electron chi connectivity index (χ0n) is 13.8. The first-order chi connectivity index (χ1) is 9.76. The van der Waals surface area contributed by atoms with Gasteiger partial charge in [0.05, 0.1) is 18.4 Å². The number of aryl methyl sites for hydroxylation is 1. The molecule has 0 aliphatic carbocycles. The van der Waals surface area contributed by atoms with Gasteiger partial charge in [0.15, 0.2) is 0 Å². The van der Waals surface area contributed by atoms with Crippen molar-refractivity contribution in [3.63, 3.8) is 0 Å². The third-order valence-corrected chi connectivity index (χ3v) is 4.23. The van der Waals surface area contributed by atoms with Crippen molar-refractivity contribution in [3.05, 3.63) is 35.4 Å². The fourth-order valence-electron chi connectivity index (χ4n) is 2.60. The summed E-state index contributed by atoms with van der Waals surface area (Å²) in [4.78, 5) is 0. The van der Waals surface area contributed by atoms with Crippen LogP contribution in [0.4, 0.5) is 0 Å². The summed E-state index contributed by atoms with van der Waals surface area (Å²) in [7, 11) is 0.